The molecule has 19 heavy (non-hydrogen) atoms. The molecule has 0 fully saturated rings. The van der Waals surface area contributed by atoms with Crippen molar-refractivity contribution in [2.45, 2.75) is 32.4 Å². The molecule has 0 radical (unpaired) electrons. The maximum atomic E-state index is 9.45. The van der Waals surface area contributed by atoms with Gasteiger partial charge in [-0.15, -0.1) is 11.3 Å². The van der Waals surface area contributed by atoms with Crippen LogP contribution in [0.15, 0.2) is 35.7 Å². The summed E-state index contributed by atoms with van der Waals surface area (Å²) < 4.78 is 0. The van der Waals surface area contributed by atoms with Crippen LogP contribution in [0, 0.1) is 0 Å². The minimum absolute atomic E-state index is 0.191. The van der Waals surface area contributed by atoms with Gasteiger partial charge in [0, 0.05) is 17.5 Å². The van der Waals surface area contributed by atoms with Crippen molar-refractivity contribution in [3.63, 3.8) is 0 Å². The van der Waals surface area contributed by atoms with E-state index in [-0.39, 0.29) is 6.10 Å². The summed E-state index contributed by atoms with van der Waals surface area (Å²) in [4.78, 5) is 4.61. The van der Waals surface area contributed by atoms with Gasteiger partial charge in [0.05, 0.1) is 11.8 Å². The third kappa shape index (κ3) is 4.42. The van der Waals surface area contributed by atoms with Gasteiger partial charge in [-0.3, -0.25) is 0 Å². The first-order chi connectivity index (χ1) is 9.29. The Balaban J connectivity index is 1.82. The second-order valence-electron chi connectivity index (χ2n) is 4.52. The summed E-state index contributed by atoms with van der Waals surface area (Å²) in [6, 6.07) is 10.2. The van der Waals surface area contributed by atoms with Gasteiger partial charge in [-0.05, 0) is 19.4 Å². The lowest BCUT2D eigenvalue weighted by Gasteiger charge is -2.07. The predicted octanol–water partition coefficient (Wildman–Crippen LogP) is 3.06. The quantitative estimate of drug-likeness (QED) is 0.764. The van der Waals surface area contributed by atoms with E-state index in [4.69, 9.17) is 0 Å². The Kier molecular flexibility index (Phi) is 5.51. The normalized spacial score (nSPS) is 12.5. The number of nitrogens with zero attached hydrogens (tertiary/aromatic N) is 1. The van der Waals surface area contributed by atoms with E-state index in [0.29, 0.717) is 0 Å². The fourth-order valence-electron chi connectivity index (χ4n) is 1.80. The second kappa shape index (κ2) is 7.38. The molecule has 0 saturated heterocycles. The van der Waals surface area contributed by atoms with E-state index in [1.807, 2.05) is 25.1 Å². The maximum Gasteiger partial charge on any atom is 0.107 e. The Bertz CT molecular complexity index is 484. The number of thiazole rings is 1. The molecule has 0 aliphatic carbocycles. The largest absolute Gasteiger partial charge is 0.393 e. The summed E-state index contributed by atoms with van der Waals surface area (Å²) in [5.41, 5.74) is 2.20. The molecule has 0 bridgehead atoms. The maximum absolute atomic E-state index is 9.45. The van der Waals surface area contributed by atoms with E-state index in [2.05, 4.69) is 27.8 Å². The Morgan fingerprint density at radius 1 is 1.32 bits per heavy atom. The van der Waals surface area contributed by atoms with Gasteiger partial charge in [0.15, 0.2) is 0 Å². The molecule has 2 aromatic rings. The minimum atomic E-state index is -0.191. The first-order valence-electron chi connectivity index (χ1n) is 6.68. The highest BCUT2D eigenvalue weighted by atomic mass is 32.1. The van der Waals surface area contributed by atoms with Gasteiger partial charge in [-0.2, -0.15) is 0 Å². The molecule has 0 aliphatic rings. The Hall–Kier alpha value is -1.23. The Labute approximate surface area is 118 Å². The molecule has 2 N–H and O–H groups in total. The highest BCUT2D eigenvalue weighted by Crippen LogP contribution is 2.21. The number of rotatable bonds is 7. The molecule has 0 spiro atoms. The van der Waals surface area contributed by atoms with Gasteiger partial charge in [0.1, 0.15) is 5.01 Å². The van der Waals surface area contributed by atoms with E-state index < -0.39 is 0 Å². The van der Waals surface area contributed by atoms with Crippen molar-refractivity contribution in [1.82, 2.24) is 10.3 Å². The number of hydrogen-bond donors (Lipinski definition) is 2. The second-order valence-corrected chi connectivity index (χ2v) is 5.46. The van der Waals surface area contributed by atoms with Crippen molar-refractivity contribution < 1.29 is 5.11 Å². The van der Waals surface area contributed by atoms with Crippen molar-refractivity contribution in [3.8, 4) is 11.3 Å². The minimum Gasteiger partial charge on any atom is -0.393 e. The van der Waals surface area contributed by atoms with Crippen molar-refractivity contribution in [1.29, 1.82) is 0 Å². The molecule has 1 atom stereocenters. The molecule has 0 saturated carbocycles. The summed E-state index contributed by atoms with van der Waals surface area (Å²) in [6.45, 7) is 3.60. The van der Waals surface area contributed by atoms with Gasteiger partial charge >= 0.3 is 0 Å². The van der Waals surface area contributed by atoms with Crippen LogP contribution in [0.5, 0.6) is 0 Å². The standard InChI is InChI=1S/C15H20N2OS/c1-2-13(18)8-9-16-10-15-17-14(11-19-15)12-6-4-3-5-7-12/h3-7,11,13,16,18H,2,8-10H2,1H3. The van der Waals surface area contributed by atoms with Crippen LogP contribution in [0.3, 0.4) is 0 Å². The topological polar surface area (TPSA) is 45.1 Å². The van der Waals surface area contributed by atoms with Crippen LogP contribution < -0.4 is 5.32 Å². The highest BCUT2D eigenvalue weighted by Gasteiger charge is 2.04. The molecule has 3 nitrogen and oxygen atoms in total. The molecular weight excluding hydrogens is 256 g/mol. The first-order valence-corrected chi connectivity index (χ1v) is 7.56. The number of aliphatic hydroxyl groups is 1. The molecule has 1 aromatic heterocycles. The van der Waals surface area contributed by atoms with Crippen LogP contribution in [-0.4, -0.2) is 22.7 Å². The van der Waals surface area contributed by atoms with Gasteiger partial charge in [0.25, 0.3) is 0 Å². The molecule has 0 amide bonds. The van der Waals surface area contributed by atoms with Crippen LogP contribution in [0.2, 0.25) is 0 Å². The summed E-state index contributed by atoms with van der Waals surface area (Å²) in [6.07, 6.45) is 1.42. The zero-order valence-electron chi connectivity index (χ0n) is 11.2. The first kappa shape index (κ1) is 14.2. The van der Waals surface area contributed by atoms with Crippen molar-refractivity contribution in [2.75, 3.05) is 6.54 Å². The van der Waals surface area contributed by atoms with Gasteiger partial charge in [0.2, 0.25) is 0 Å². The van der Waals surface area contributed by atoms with Crippen molar-refractivity contribution in [3.05, 3.63) is 40.7 Å². The molecule has 1 heterocycles. The summed E-state index contributed by atoms with van der Waals surface area (Å²) >= 11 is 1.67. The molecule has 102 valence electrons. The van der Waals surface area contributed by atoms with E-state index in [9.17, 15) is 5.11 Å². The van der Waals surface area contributed by atoms with Crippen molar-refractivity contribution in [2.24, 2.45) is 0 Å². The molecule has 1 unspecified atom stereocenters. The number of nitrogens with one attached hydrogen (secondary N) is 1. The fraction of sp³-hybridized carbons (Fsp3) is 0.400. The monoisotopic (exact) mass is 276 g/mol. The lowest BCUT2D eigenvalue weighted by Crippen LogP contribution is -2.19. The van der Waals surface area contributed by atoms with Gasteiger partial charge in [-0.25, -0.2) is 4.98 Å². The smallest absolute Gasteiger partial charge is 0.107 e. The van der Waals surface area contributed by atoms with Crippen LogP contribution in [0.1, 0.15) is 24.8 Å². The predicted molar refractivity (Wildman–Crippen MR) is 80.2 cm³/mol. The highest BCUT2D eigenvalue weighted by molar-refractivity contribution is 7.09. The van der Waals surface area contributed by atoms with Gasteiger partial charge in [-0.1, -0.05) is 37.3 Å². The third-order valence-electron chi connectivity index (χ3n) is 3.02. The van der Waals surface area contributed by atoms with E-state index >= 15 is 0 Å². The van der Waals surface area contributed by atoms with Crippen LogP contribution >= 0.6 is 11.3 Å². The number of aliphatic hydroxyl groups excluding tert-OH is 1. The van der Waals surface area contributed by atoms with E-state index in [0.717, 1.165) is 42.2 Å². The van der Waals surface area contributed by atoms with Crippen LogP contribution in [0.4, 0.5) is 0 Å². The van der Waals surface area contributed by atoms with E-state index in [1.54, 1.807) is 11.3 Å². The zero-order chi connectivity index (χ0) is 13.5. The SMILES string of the molecule is CCC(O)CCNCc1nc(-c2ccccc2)cs1. The molecular formula is C15H20N2OS. The van der Waals surface area contributed by atoms with E-state index in [1.165, 1.54) is 0 Å². The summed E-state index contributed by atoms with van der Waals surface area (Å²) in [5, 5.41) is 16.0. The number of hydrogen-bond acceptors (Lipinski definition) is 4. The molecule has 4 heteroatoms. The lowest BCUT2D eigenvalue weighted by molar-refractivity contribution is 0.159. The zero-order valence-corrected chi connectivity index (χ0v) is 12.0. The molecule has 0 aliphatic heterocycles. The Morgan fingerprint density at radius 2 is 2.11 bits per heavy atom. The average Bonchev–Trinajstić information content (AvgIpc) is 2.93. The third-order valence-corrected chi connectivity index (χ3v) is 3.87. The average molecular weight is 276 g/mol. The fourth-order valence-corrected chi connectivity index (χ4v) is 2.57. The van der Waals surface area contributed by atoms with Crippen molar-refractivity contribution >= 4 is 11.3 Å². The van der Waals surface area contributed by atoms with Crippen LogP contribution in [0.25, 0.3) is 11.3 Å². The number of benzene rings is 1. The summed E-state index contributed by atoms with van der Waals surface area (Å²) in [5.74, 6) is 0. The Morgan fingerprint density at radius 3 is 2.84 bits per heavy atom. The molecule has 1 aromatic carbocycles. The van der Waals surface area contributed by atoms with Crippen LogP contribution in [-0.2, 0) is 6.54 Å². The van der Waals surface area contributed by atoms with Gasteiger partial charge < -0.3 is 10.4 Å². The summed E-state index contributed by atoms with van der Waals surface area (Å²) in [7, 11) is 0. The lowest BCUT2D eigenvalue weighted by atomic mass is 10.2. The molecule has 2 rings (SSSR count). The number of aromatic nitrogens is 1.